The summed E-state index contributed by atoms with van der Waals surface area (Å²) in [5.74, 6) is 0.176. The monoisotopic (exact) mass is 523 g/mol. The van der Waals surface area contributed by atoms with E-state index < -0.39 is 21.2 Å². The Hall–Kier alpha value is -2.98. The van der Waals surface area contributed by atoms with E-state index in [1.54, 1.807) is 6.20 Å². The van der Waals surface area contributed by atoms with Crippen LogP contribution in [0.5, 0.6) is 0 Å². The third-order valence-electron chi connectivity index (χ3n) is 7.59. The molecule has 10 heteroatoms. The van der Waals surface area contributed by atoms with Crippen molar-refractivity contribution in [2.75, 3.05) is 19.6 Å². The van der Waals surface area contributed by atoms with Gasteiger partial charge in [0.1, 0.15) is 11.9 Å². The first kappa shape index (κ1) is 24.4. The third kappa shape index (κ3) is 4.40. The first-order chi connectivity index (χ1) is 17.6. The van der Waals surface area contributed by atoms with Gasteiger partial charge in [-0.2, -0.15) is 0 Å². The van der Waals surface area contributed by atoms with Crippen LogP contribution >= 0.6 is 0 Å². The maximum Gasteiger partial charge on any atom is 0.410 e. The topological polar surface area (TPSA) is 106 Å². The van der Waals surface area contributed by atoms with Gasteiger partial charge < -0.3 is 10.1 Å². The lowest BCUT2D eigenvalue weighted by Gasteiger charge is -2.38. The van der Waals surface area contributed by atoms with Gasteiger partial charge in [-0.3, -0.25) is 4.90 Å². The zero-order chi connectivity index (χ0) is 26.0. The normalized spacial score (nSPS) is 24.0. The number of amides is 1. The molecule has 1 N–H and O–H groups in total. The minimum atomic E-state index is -3.70. The van der Waals surface area contributed by atoms with Crippen LogP contribution in [0.1, 0.15) is 68.7 Å². The van der Waals surface area contributed by atoms with E-state index in [4.69, 9.17) is 9.72 Å². The average molecular weight is 524 g/mol. The number of hydrogen-bond donors (Lipinski definition) is 1. The summed E-state index contributed by atoms with van der Waals surface area (Å²) in [5, 5.41) is 4.28. The molecule has 3 aromatic rings. The van der Waals surface area contributed by atoms with E-state index in [2.05, 4.69) is 10.3 Å². The molecule has 9 nitrogen and oxygen atoms in total. The first-order valence-corrected chi connectivity index (χ1v) is 14.5. The Morgan fingerprint density at radius 2 is 1.95 bits per heavy atom. The smallest absolute Gasteiger partial charge is 0.410 e. The van der Waals surface area contributed by atoms with Gasteiger partial charge in [-0.25, -0.2) is 27.2 Å². The minimum absolute atomic E-state index is 0.0245. The Bertz CT molecular complexity index is 1460. The molecule has 2 aliphatic carbocycles. The number of nitrogens with one attached hydrogen (secondary N) is 1. The van der Waals surface area contributed by atoms with Crippen LogP contribution in [0.2, 0.25) is 0 Å². The highest BCUT2D eigenvalue weighted by molar-refractivity contribution is 7.89. The molecule has 1 amide bonds. The molecule has 6 rings (SSSR count). The summed E-state index contributed by atoms with van der Waals surface area (Å²) in [6.45, 7) is 7.53. The number of benzene rings is 1. The molecule has 1 saturated heterocycles. The molecule has 3 aliphatic rings. The quantitative estimate of drug-likeness (QED) is 0.543. The van der Waals surface area contributed by atoms with Crippen LogP contribution in [-0.4, -0.2) is 64.1 Å². The summed E-state index contributed by atoms with van der Waals surface area (Å²) in [6.07, 6.45) is 5.70. The van der Waals surface area contributed by atoms with Gasteiger partial charge >= 0.3 is 6.09 Å². The van der Waals surface area contributed by atoms with Crippen molar-refractivity contribution in [2.24, 2.45) is 0 Å². The lowest BCUT2D eigenvalue weighted by molar-refractivity contribution is 0.00747. The number of carbonyl (C=O) groups is 1. The summed E-state index contributed by atoms with van der Waals surface area (Å²) in [4.78, 5) is 24.2. The largest absolute Gasteiger partial charge is 0.444 e. The van der Waals surface area contributed by atoms with E-state index in [0.717, 1.165) is 41.5 Å². The van der Waals surface area contributed by atoms with Gasteiger partial charge in [0.2, 0.25) is 10.0 Å². The minimum Gasteiger partial charge on any atom is -0.444 e. The number of piperazine rings is 1. The van der Waals surface area contributed by atoms with Crippen LogP contribution in [0, 0.1) is 0 Å². The summed E-state index contributed by atoms with van der Waals surface area (Å²) in [7, 11) is -3.70. The summed E-state index contributed by atoms with van der Waals surface area (Å²) >= 11 is 0. The molecule has 196 valence electrons. The second kappa shape index (κ2) is 8.52. The van der Waals surface area contributed by atoms with Crippen LogP contribution in [0.15, 0.2) is 42.9 Å². The molecule has 37 heavy (non-hydrogen) atoms. The first-order valence-electron chi connectivity index (χ1n) is 12.9. The fraction of sp³-hybridized carbons (Fsp3) is 0.519. The Labute approximate surface area is 217 Å². The predicted molar refractivity (Wildman–Crippen MR) is 140 cm³/mol. The van der Waals surface area contributed by atoms with E-state index in [1.807, 2.05) is 56.0 Å². The van der Waals surface area contributed by atoms with E-state index >= 15 is 0 Å². The Morgan fingerprint density at radius 1 is 1.19 bits per heavy atom. The molecule has 1 spiro atoms. The van der Waals surface area contributed by atoms with Gasteiger partial charge in [0.25, 0.3) is 0 Å². The van der Waals surface area contributed by atoms with Crippen molar-refractivity contribution in [1.29, 1.82) is 0 Å². The van der Waals surface area contributed by atoms with Gasteiger partial charge in [0, 0.05) is 37.1 Å². The maximum atomic E-state index is 13.6. The molecule has 3 fully saturated rings. The number of hydrogen-bond acceptors (Lipinski definition) is 7. The summed E-state index contributed by atoms with van der Waals surface area (Å²) < 4.78 is 34.2. The SMILES string of the molecule is CC(C)(C)OC(=O)N1CCNCC12CC2c1ncnc2c1c(C1CC1)cn2S(=O)(=O)Cc1ccccc1. The Kier molecular flexibility index (Phi) is 5.61. The molecule has 1 aliphatic heterocycles. The van der Waals surface area contributed by atoms with Crippen LogP contribution in [-0.2, 0) is 20.5 Å². The van der Waals surface area contributed by atoms with Gasteiger partial charge in [-0.05, 0) is 57.1 Å². The number of aromatic nitrogens is 3. The Morgan fingerprint density at radius 3 is 2.65 bits per heavy atom. The fourth-order valence-electron chi connectivity index (χ4n) is 5.66. The van der Waals surface area contributed by atoms with Crippen LogP contribution in [0.4, 0.5) is 4.79 Å². The zero-order valence-corrected chi connectivity index (χ0v) is 22.3. The number of rotatable bonds is 5. The molecule has 0 bridgehead atoms. The van der Waals surface area contributed by atoms with Crippen LogP contribution in [0.25, 0.3) is 11.0 Å². The van der Waals surface area contributed by atoms with Crippen molar-refractivity contribution in [3.63, 3.8) is 0 Å². The molecule has 2 unspecified atom stereocenters. The molecule has 2 atom stereocenters. The highest BCUT2D eigenvalue weighted by atomic mass is 32.2. The van der Waals surface area contributed by atoms with E-state index in [-0.39, 0.29) is 17.8 Å². The average Bonchev–Trinajstić information content (AvgIpc) is 3.76. The van der Waals surface area contributed by atoms with Crippen molar-refractivity contribution < 1.29 is 17.9 Å². The van der Waals surface area contributed by atoms with Crippen molar-refractivity contribution in [3.8, 4) is 0 Å². The van der Waals surface area contributed by atoms with Gasteiger partial charge in [0.15, 0.2) is 5.65 Å². The second-order valence-electron chi connectivity index (χ2n) is 11.5. The molecule has 3 heterocycles. The number of ether oxygens (including phenoxy) is 1. The van der Waals surface area contributed by atoms with Crippen LogP contribution < -0.4 is 5.32 Å². The second-order valence-corrected chi connectivity index (χ2v) is 13.4. The van der Waals surface area contributed by atoms with Crippen molar-refractivity contribution in [2.45, 2.75) is 68.8 Å². The third-order valence-corrected chi connectivity index (χ3v) is 9.17. The predicted octanol–water partition coefficient (Wildman–Crippen LogP) is 3.75. The van der Waals surface area contributed by atoms with Crippen molar-refractivity contribution >= 4 is 27.1 Å². The molecule has 2 aromatic heterocycles. The van der Waals surface area contributed by atoms with Gasteiger partial charge in [-0.1, -0.05) is 30.3 Å². The highest BCUT2D eigenvalue weighted by Crippen LogP contribution is 2.58. The van der Waals surface area contributed by atoms with Gasteiger partial charge in [-0.15, -0.1) is 0 Å². The lowest BCUT2D eigenvalue weighted by Crippen LogP contribution is -2.57. The number of fused-ring (bicyclic) bond motifs is 1. The molecule has 1 aromatic carbocycles. The van der Waals surface area contributed by atoms with Gasteiger partial charge in [0.05, 0.1) is 17.0 Å². The van der Waals surface area contributed by atoms with Crippen LogP contribution in [0.3, 0.4) is 0 Å². The summed E-state index contributed by atoms with van der Waals surface area (Å²) in [5.41, 5.74) is 1.97. The van der Waals surface area contributed by atoms with E-state index in [0.29, 0.717) is 31.2 Å². The molecular weight excluding hydrogens is 490 g/mol. The van der Waals surface area contributed by atoms with Crippen molar-refractivity contribution in [1.82, 2.24) is 24.2 Å². The standard InChI is InChI=1S/C27H33N5O4S/c1-26(2,3)36-25(33)31-12-11-28-16-27(31)13-21(27)23-22-20(19-9-10-19)14-32(24(22)30-17-29-23)37(34,35)15-18-7-5-4-6-8-18/h4-8,14,17,19,21,28H,9-13,15-16H2,1-3H3. The molecular formula is C27H33N5O4S. The zero-order valence-electron chi connectivity index (χ0n) is 21.5. The number of nitrogens with zero attached hydrogens (tertiary/aromatic N) is 4. The van der Waals surface area contributed by atoms with E-state index in [9.17, 15) is 13.2 Å². The number of carbonyl (C=O) groups excluding carboxylic acids is 1. The summed E-state index contributed by atoms with van der Waals surface area (Å²) in [6, 6.07) is 9.20. The fourth-order valence-corrected chi connectivity index (χ4v) is 7.09. The highest BCUT2D eigenvalue weighted by Gasteiger charge is 2.63. The molecule has 0 radical (unpaired) electrons. The van der Waals surface area contributed by atoms with Crippen molar-refractivity contribution in [3.05, 3.63) is 59.7 Å². The lowest BCUT2D eigenvalue weighted by atomic mass is 10.0. The molecule has 2 saturated carbocycles. The Balaban J connectivity index is 1.40. The van der Waals surface area contributed by atoms with E-state index in [1.165, 1.54) is 10.3 Å². The maximum absolute atomic E-state index is 13.6.